The van der Waals surface area contributed by atoms with Crippen molar-refractivity contribution in [3.05, 3.63) is 28.3 Å². The van der Waals surface area contributed by atoms with Gasteiger partial charge in [0.1, 0.15) is 6.29 Å². The van der Waals surface area contributed by atoms with Crippen LogP contribution in [0.2, 0.25) is 5.02 Å². The van der Waals surface area contributed by atoms with Crippen molar-refractivity contribution >= 4 is 23.6 Å². The first-order valence-electron chi connectivity index (χ1n) is 3.16. The molecular weight excluding hydrogens is 162 g/mol. The first-order valence-corrected chi connectivity index (χ1v) is 3.53. The van der Waals surface area contributed by atoms with E-state index < -0.39 is 0 Å². The molecule has 0 spiro atoms. The van der Waals surface area contributed by atoms with Crippen LogP contribution in [0.15, 0.2) is 12.1 Å². The Balaban J connectivity index is 3.35. The van der Waals surface area contributed by atoms with Gasteiger partial charge < -0.3 is 5.73 Å². The lowest BCUT2D eigenvalue weighted by molar-refractivity contribution is 0.112. The SMILES string of the molecule is Cc1c(Cl)cc(N)cc1C=O. The molecule has 2 nitrogen and oxygen atoms in total. The molecule has 0 fully saturated rings. The van der Waals surface area contributed by atoms with Crippen molar-refractivity contribution in [1.82, 2.24) is 0 Å². The fourth-order valence-corrected chi connectivity index (χ4v) is 1.08. The maximum atomic E-state index is 10.4. The Bertz CT molecular complexity index is 296. The summed E-state index contributed by atoms with van der Waals surface area (Å²) >= 11 is 5.76. The Hall–Kier alpha value is -1.02. The second-order valence-electron chi connectivity index (χ2n) is 2.33. The number of benzene rings is 1. The van der Waals surface area contributed by atoms with Crippen LogP contribution in [0, 0.1) is 6.92 Å². The van der Waals surface area contributed by atoms with Crippen LogP contribution in [-0.2, 0) is 0 Å². The standard InChI is InChI=1S/C8H8ClNO/c1-5-6(4-11)2-7(10)3-8(5)9/h2-4H,10H2,1H3. The minimum Gasteiger partial charge on any atom is -0.399 e. The molecule has 0 bridgehead atoms. The second kappa shape index (κ2) is 2.93. The maximum Gasteiger partial charge on any atom is 0.150 e. The van der Waals surface area contributed by atoms with E-state index in [0.717, 1.165) is 11.8 Å². The zero-order chi connectivity index (χ0) is 8.43. The Morgan fingerprint density at radius 1 is 1.55 bits per heavy atom. The molecule has 1 aromatic rings. The van der Waals surface area contributed by atoms with Gasteiger partial charge in [-0.3, -0.25) is 4.79 Å². The van der Waals surface area contributed by atoms with Gasteiger partial charge in [-0.1, -0.05) is 11.6 Å². The molecule has 0 aliphatic rings. The number of hydrogen-bond donors (Lipinski definition) is 1. The Kier molecular flexibility index (Phi) is 2.15. The number of carbonyl (C=O) groups excluding carboxylic acids is 1. The molecule has 3 heteroatoms. The molecule has 0 aliphatic heterocycles. The molecular formula is C8H8ClNO. The van der Waals surface area contributed by atoms with Crippen LogP contribution in [-0.4, -0.2) is 6.29 Å². The molecule has 2 N–H and O–H groups in total. The number of rotatable bonds is 1. The molecule has 0 aliphatic carbocycles. The summed E-state index contributed by atoms with van der Waals surface area (Å²) in [5, 5.41) is 0.534. The van der Waals surface area contributed by atoms with Crippen molar-refractivity contribution < 1.29 is 4.79 Å². The molecule has 0 unspecified atom stereocenters. The Morgan fingerprint density at radius 3 is 2.73 bits per heavy atom. The highest BCUT2D eigenvalue weighted by molar-refractivity contribution is 6.32. The number of anilines is 1. The third-order valence-corrected chi connectivity index (χ3v) is 1.93. The van der Waals surface area contributed by atoms with Crippen molar-refractivity contribution in [1.29, 1.82) is 0 Å². The second-order valence-corrected chi connectivity index (χ2v) is 2.74. The fourth-order valence-electron chi connectivity index (χ4n) is 0.844. The number of hydrogen-bond acceptors (Lipinski definition) is 2. The molecule has 1 rings (SSSR count). The maximum absolute atomic E-state index is 10.4. The highest BCUT2D eigenvalue weighted by atomic mass is 35.5. The van der Waals surface area contributed by atoms with Crippen LogP contribution in [0.5, 0.6) is 0 Å². The van der Waals surface area contributed by atoms with Gasteiger partial charge in [0.25, 0.3) is 0 Å². The summed E-state index contributed by atoms with van der Waals surface area (Å²) in [5.41, 5.74) is 7.30. The molecule has 0 radical (unpaired) electrons. The number of halogens is 1. The van der Waals surface area contributed by atoms with Gasteiger partial charge >= 0.3 is 0 Å². The summed E-state index contributed by atoms with van der Waals surface area (Å²) in [6, 6.07) is 3.23. The van der Waals surface area contributed by atoms with Crippen LogP contribution in [0.4, 0.5) is 5.69 Å². The van der Waals surface area contributed by atoms with Crippen LogP contribution >= 0.6 is 11.6 Å². The van der Waals surface area contributed by atoms with E-state index in [1.54, 1.807) is 19.1 Å². The van der Waals surface area contributed by atoms with E-state index >= 15 is 0 Å². The normalized spacial score (nSPS) is 9.64. The molecule has 0 saturated heterocycles. The van der Waals surface area contributed by atoms with E-state index in [4.69, 9.17) is 17.3 Å². The van der Waals surface area contributed by atoms with Crippen LogP contribution in [0.3, 0.4) is 0 Å². The molecule has 11 heavy (non-hydrogen) atoms. The largest absolute Gasteiger partial charge is 0.399 e. The molecule has 1 aromatic carbocycles. The van der Waals surface area contributed by atoms with Gasteiger partial charge in [-0.2, -0.15) is 0 Å². The number of carbonyl (C=O) groups is 1. The van der Waals surface area contributed by atoms with Gasteiger partial charge in [0.05, 0.1) is 0 Å². The number of aldehydes is 1. The third kappa shape index (κ3) is 1.52. The average Bonchev–Trinajstić information content (AvgIpc) is 1.96. The lowest BCUT2D eigenvalue weighted by atomic mass is 10.1. The first kappa shape index (κ1) is 8.08. The van der Waals surface area contributed by atoms with Crippen LogP contribution < -0.4 is 5.73 Å². The predicted octanol–water partition coefficient (Wildman–Crippen LogP) is 2.04. The molecule has 58 valence electrons. The van der Waals surface area contributed by atoms with E-state index in [9.17, 15) is 4.79 Å². The first-order chi connectivity index (χ1) is 5.15. The lowest BCUT2D eigenvalue weighted by Crippen LogP contribution is -1.92. The number of nitrogens with two attached hydrogens (primary N) is 1. The predicted molar refractivity (Wildman–Crippen MR) is 46.0 cm³/mol. The van der Waals surface area contributed by atoms with Gasteiger partial charge in [-0.15, -0.1) is 0 Å². The summed E-state index contributed by atoms with van der Waals surface area (Å²) in [6.07, 6.45) is 0.748. The summed E-state index contributed by atoms with van der Waals surface area (Å²) in [4.78, 5) is 10.4. The smallest absolute Gasteiger partial charge is 0.150 e. The Morgan fingerprint density at radius 2 is 2.18 bits per heavy atom. The number of nitrogen functional groups attached to an aromatic ring is 1. The highest BCUT2D eigenvalue weighted by Gasteiger charge is 2.02. The molecule has 0 aromatic heterocycles. The summed E-state index contributed by atoms with van der Waals surface area (Å²) in [5.74, 6) is 0. The van der Waals surface area contributed by atoms with E-state index in [-0.39, 0.29) is 0 Å². The summed E-state index contributed by atoms with van der Waals surface area (Å²) in [6.45, 7) is 1.78. The van der Waals surface area contributed by atoms with Crippen molar-refractivity contribution in [3.63, 3.8) is 0 Å². The van der Waals surface area contributed by atoms with Crippen molar-refractivity contribution in [3.8, 4) is 0 Å². The van der Waals surface area contributed by atoms with E-state index in [0.29, 0.717) is 16.3 Å². The zero-order valence-electron chi connectivity index (χ0n) is 6.10. The van der Waals surface area contributed by atoms with Crippen LogP contribution in [0.25, 0.3) is 0 Å². The van der Waals surface area contributed by atoms with Crippen molar-refractivity contribution in [2.75, 3.05) is 5.73 Å². The Labute approximate surface area is 70.0 Å². The topological polar surface area (TPSA) is 43.1 Å². The van der Waals surface area contributed by atoms with Crippen LogP contribution in [0.1, 0.15) is 15.9 Å². The average molecular weight is 170 g/mol. The minimum atomic E-state index is 0.516. The summed E-state index contributed by atoms with van der Waals surface area (Å²) < 4.78 is 0. The molecule has 0 atom stereocenters. The third-order valence-electron chi connectivity index (χ3n) is 1.53. The van der Waals surface area contributed by atoms with E-state index in [2.05, 4.69) is 0 Å². The van der Waals surface area contributed by atoms with Gasteiger partial charge in [0.15, 0.2) is 0 Å². The van der Waals surface area contributed by atoms with Crippen molar-refractivity contribution in [2.24, 2.45) is 0 Å². The molecule has 0 saturated carbocycles. The zero-order valence-corrected chi connectivity index (χ0v) is 6.85. The van der Waals surface area contributed by atoms with Gasteiger partial charge in [-0.05, 0) is 24.6 Å². The van der Waals surface area contributed by atoms with Crippen molar-refractivity contribution in [2.45, 2.75) is 6.92 Å². The quantitative estimate of drug-likeness (QED) is 0.517. The fraction of sp³-hybridized carbons (Fsp3) is 0.125. The van der Waals surface area contributed by atoms with Gasteiger partial charge in [0.2, 0.25) is 0 Å². The van der Waals surface area contributed by atoms with E-state index in [1.165, 1.54) is 0 Å². The summed E-state index contributed by atoms with van der Waals surface area (Å²) in [7, 11) is 0. The monoisotopic (exact) mass is 169 g/mol. The lowest BCUT2D eigenvalue weighted by Gasteiger charge is -2.01. The highest BCUT2D eigenvalue weighted by Crippen LogP contribution is 2.21. The van der Waals surface area contributed by atoms with Gasteiger partial charge in [-0.25, -0.2) is 0 Å². The van der Waals surface area contributed by atoms with E-state index in [1.807, 2.05) is 0 Å². The van der Waals surface area contributed by atoms with Gasteiger partial charge in [0, 0.05) is 16.3 Å². The minimum absolute atomic E-state index is 0.516. The molecule has 0 heterocycles. The molecule has 0 amide bonds.